The Balaban J connectivity index is 3.84. The van der Waals surface area contributed by atoms with Crippen LogP contribution in [0.2, 0.25) is 0 Å². The highest BCUT2D eigenvalue weighted by Crippen LogP contribution is 1.99. The summed E-state index contributed by atoms with van der Waals surface area (Å²) in [4.78, 5) is 22.3. The van der Waals surface area contributed by atoms with E-state index in [1.807, 2.05) is 6.92 Å². The molecule has 0 rings (SSSR count). The first-order valence-electron chi connectivity index (χ1n) is 5.74. The second kappa shape index (κ2) is 9.70. The van der Waals surface area contributed by atoms with Crippen LogP contribution in [0.5, 0.6) is 0 Å². The Morgan fingerprint density at radius 3 is 2.53 bits per heavy atom. The molecule has 0 aromatic rings. The molecule has 9 heteroatoms. The minimum atomic E-state index is -2.14. The van der Waals surface area contributed by atoms with Gasteiger partial charge in [0.1, 0.15) is 0 Å². The second-order valence-corrected chi connectivity index (χ2v) is 4.71. The lowest BCUT2D eigenvalue weighted by molar-refractivity contribution is -0.164. The number of rotatable bonds is 8. The van der Waals surface area contributed by atoms with Gasteiger partial charge in [0.05, 0.1) is 11.9 Å². The van der Waals surface area contributed by atoms with E-state index < -0.39 is 35.5 Å². The highest BCUT2D eigenvalue weighted by Gasteiger charge is 2.15. The Bertz CT molecular complexity index is 323. The SMILES string of the molecule is CCCC(=O)OC(C)OC(=O)NC[C@H](O)CS(=O)O. The maximum absolute atomic E-state index is 11.2. The van der Waals surface area contributed by atoms with Crippen molar-refractivity contribution in [3.63, 3.8) is 0 Å². The van der Waals surface area contributed by atoms with Gasteiger partial charge in [-0.2, -0.15) is 0 Å². The van der Waals surface area contributed by atoms with Crippen LogP contribution in [-0.4, -0.2) is 50.6 Å². The molecule has 0 aliphatic rings. The molecule has 3 atom stereocenters. The minimum absolute atomic E-state index is 0.232. The van der Waals surface area contributed by atoms with Crippen LogP contribution in [0, 0.1) is 0 Å². The normalized spacial score (nSPS) is 15.2. The highest BCUT2D eigenvalue weighted by molar-refractivity contribution is 7.79. The first-order valence-corrected chi connectivity index (χ1v) is 7.02. The van der Waals surface area contributed by atoms with Crippen LogP contribution >= 0.6 is 0 Å². The van der Waals surface area contributed by atoms with E-state index in [1.165, 1.54) is 6.92 Å². The molecule has 0 spiro atoms. The molecular formula is C10H19NO7S. The molecule has 0 bridgehead atoms. The van der Waals surface area contributed by atoms with Crippen molar-refractivity contribution < 1.29 is 32.9 Å². The van der Waals surface area contributed by atoms with Gasteiger partial charge < -0.3 is 24.4 Å². The predicted molar refractivity (Wildman–Crippen MR) is 66.6 cm³/mol. The first kappa shape index (κ1) is 17.8. The van der Waals surface area contributed by atoms with Crippen molar-refractivity contribution in [2.45, 2.75) is 39.1 Å². The van der Waals surface area contributed by atoms with Gasteiger partial charge in [0.25, 0.3) is 0 Å². The van der Waals surface area contributed by atoms with Crippen molar-refractivity contribution in [3.8, 4) is 0 Å². The summed E-state index contributed by atoms with van der Waals surface area (Å²) in [6.45, 7) is 2.96. The maximum Gasteiger partial charge on any atom is 0.410 e. The number of nitrogens with one attached hydrogen (secondary N) is 1. The Labute approximate surface area is 113 Å². The summed E-state index contributed by atoms with van der Waals surface area (Å²) >= 11 is -2.14. The topological polar surface area (TPSA) is 122 Å². The van der Waals surface area contributed by atoms with Gasteiger partial charge >= 0.3 is 12.1 Å². The predicted octanol–water partition coefficient (Wildman–Crippen LogP) is -0.0155. The summed E-state index contributed by atoms with van der Waals surface area (Å²) < 4.78 is 28.3. The van der Waals surface area contributed by atoms with Crippen molar-refractivity contribution in [2.24, 2.45) is 0 Å². The van der Waals surface area contributed by atoms with Crippen LogP contribution < -0.4 is 5.32 Å². The summed E-state index contributed by atoms with van der Waals surface area (Å²) in [6, 6.07) is 0. The second-order valence-electron chi connectivity index (χ2n) is 3.74. The van der Waals surface area contributed by atoms with E-state index in [9.17, 15) is 18.9 Å². The zero-order valence-corrected chi connectivity index (χ0v) is 11.6. The summed E-state index contributed by atoms with van der Waals surface area (Å²) in [5, 5.41) is 11.4. The quantitative estimate of drug-likeness (QED) is 0.327. The number of carbonyl (C=O) groups is 2. The maximum atomic E-state index is 11.2. The molecule has 0 heterocycles. The summed E-state index contributed by atoms with van der Waals surface area (Å²) in [6.07, 6.45) is -2.22. The number of aliphatic hydroxyl groups excluding tert-OH is 1. The van der Waals surface area contributed by atoms with E-state index in [4.69, 9.17) is 9.29 Å². The summed E-state index contributed by atoms with van der Waals surface area (Å²) in [7, 11) is 0. The summed E-state index contributed by atoms with van der Waals surface area (Å²) in [5.74, 6) is -0.847. The van der Waals surface area contributed by atoms with Crippen LogP contribution in [0.3, 0.4) is 0 Å². The van der Waals surface area contributed by atoms with Gasteiger partial charge in [-0.15, -0.1) is 0 Å². The fourth-order valence-corrected chi connectivity index (χ4v) is 1.54. The van der Waals surface area contributed by atoms with E-state index >= 15 is 0 Å². The Hall–Kier alpha value is -1.19. The lowest BCUT2D eigenvalue weighted by Crippen LogP contribution is -2.37. The molecule has 1 amide bonds. The van der Waals surface area contributed by atoms with Crippen LogP contribution in [-0.2, 0) is 25.3 Å². The third kappa shape index (κ3) is 10.4. The number of carbonyl (C=O) groups excluding carboxylic acids is 2. The van der Waals surface area contributed by atoms with Gasteiger partial charge in [0, 0.05) is 19.9 Å². The standard InChI is InChI=1S/C10H19NO7S/c1-3-4-9(13)17-7(2)18-10(14)11-5-8(12)6-19(15)16/h7-8,12H,3-6H2,1-2H3,(H,11,14)(H,15,16)/t7?,8-/m0/s1. The van der Waals surface area contributed by atoms with Crippen LogP contribution in [0.25, 0.3) is 0 Å². The summed E-state index contributed by atoms with van der Waals surface area (Å²) in [5.41, 5.74) is 0. The highest BCUT2D eigenvalue weighted by atomic mass is 32.2. The number of hydrogen-bond acceptors (Lipinski definition) is 6. The Kier molecular flexibility index (Phi) is 9.09. The smallest absolute Gasteiger partial charge is 0.410 e. The number of hydrogen-bond donors (Lipinski definition) is 3. The average Bonchev–Trinajstić information content (AvgIpc) is 2.25. The van der Waals surface area contributed by atoms with Gasteiger partial charge in [-0.3, -0.25) is 4.79 Å². The zero-order chi connectivity index (χ0) is 14.8. The molecule has 0 aromatic carbocycles. The number of esters is 1. The number of ether oxygens (including phenoxy) is 2. The van der Waals surface area contributed by atoms with Gasteiger partial charge in [0.15, 0.2) is 11.1 Å². The van der Waals surface area contributed by atoms with Crippen molar-refractivity contribution in [1.82, 2.24) is 5.32 Å². The van der Waals surface area contributed by atoms with E-state index in [-0.39, 0.29) is 18.7 Å². The molecule has 0 saturated heterocycles. The monoisotopic (exact) mass is 297 g/mol. The van der Waals surface area contributed by atoms with Crippen molar-refractivity contribution in [1.29, 1.82) is 0 Å². The van der Waals surface area contributed by atoms with Gasteiger partial charge in [-0.1, -0.05) is 6.92 Å². The molecule has 8 nitrogen and oxygen atoms in total. The van der Waals surface area contributed by atoms with Gasteiger partial charge in [-0.25, -0.2) is 9.00 Å². The zero-order valence-electron chi connectivity index (χ0n) is 10.8. The van der Waals surface area contributed by atoms with E-state index in [2.05, 4.69) is 10.1 Å². The van der Waals surface area contributed by atoms with Crippen molar-refractivity contribution in [3.05, 3.63) is 0 Å². The fourth-order valence-electron chi connectivity index (χ4n) is 1.09. The van der Waals surface area contributed by atoms with Crippen LogP contribution in [0.1, 0.15) is 26.7 Å². The van der Waals surface area contributed by atoms with Gasteiger partial charge in [-0.05, 0) is 6.42 Å². The van der Waals surface area contributed by atoms with Crippen LogP contribution in [0.15, 0.2) is 0 Å². The average molecular weight is 297 g/mol. The Morgan fingerprint density at radius 1 is 1.37 bits per heavy atom. The van der Waals surface area contributed by atoms with E-state index in [0.29, 0.717) is 6.42 Å². The molecule has 0 aliphatic heterocycles. The van der Waals surface area contributed by atoms with Crippen LogP contribution in [0.4, 0.5) is 4.79 Å². The first-order chi connectivity index (χ1) is 8.85. The molecule has 3 N–H and O–H groups in total. The number of amides is 1. The third-order valence-electron chi connectivity index (χ3n) is 1.84. The Morgan fingerprint density at radius 2 is 2.00 bits per heavy atom. The molecule has 0 aliphatic carbocycles. The molecule has 0 aromatic heterocycles. The number of aliphatic hydroxyl groups is 1. The molecule has 0 saturated carbocycles. The fraction of sp³-hybridized carbons (Fsp3) is 0.800. The molecule has 0 fully saturated rings. The minimum Gasteiger partial charge on any atom is -0.425 e. The third-order valence-corrected chi connectivity index (χ3v) is 2.51. The molecular weight excluding hydrogens is 278 g/mol. The van der Waals surface area contributed by atoms with Crippen molar-refractivity contribution in [2.75, 3.05) is 12.3 Å². The largest absolute Gasteiger partial charge is 0.425 e. The van der Waals surface area contributed by atoms with E-state index in [1.54, 1.807) is 0 Å². The van der Waals surface area contributed by atoms with E-state index in [0.717, 1.165) is 0 Å². The van der Waals surface area contributed by atoms with Crippen molar-refractivity contribution >= 4 is 23.1 Å². The lowest BCUT2D eigenvalue weighted by atomic mass is 10.3. The lowest BCUT2D eigenvalue weighted by Gasteiger charge is -2.15. The molecule has 19 heavy (non-hydrogen) atoms. The molecule has 0 radical (unpaired) electrons. The van der Waals surface area contributed by atoms with Gasteiger partial charge in [0.2, 0.25) is 6.29 Å². The molecule has 112 valence electrons. The molecule has 2 unspecified atom stereocenters. The number of alkyl carbamates (subject to hydrolysis) is 1.